The molecule has 0 saturated carbocycles. The van der Waals surface area contributed by atoms with Crippen molar-refractivity contribution in [2.75, 3.05) is 5.32 Å². The van der Waals surface area contributed by atoms with Gasteiger partial charge in [-0.3, -0.25) is 0 Å². The fourth-order valence-corrected chi connectivity index (χ4v) is 1.97. The minimum Gasteiger partial charge on any atom is -0.508 e. The largest absolute Gasteiger partial charge is 0.508 e. The van der Waals surface area contributed by atoms with Gasteiger partial charge in [0.1, 0.15) is 5.75 Å². The van der Waals surface area contributed by atoms with Crippen LogP contribution in [0, 0.1) is 0 Å². The number of hydrogen-bond donors (Lipinski definition) is 2. The average molecular weight is 268 g/mol. The summed E-state index contributed by atoms with van der Waals surface area (Å²) in [6.45, 7) is 0.593. The van der Waals surface area contributed by atoms with Gasteiger partial charge < -0.3 is 10.4 Å². The molecule has 0 heterocycles. The van der Waals surface area contributed by atoms with Gasteiger partial charge in [0.2, 0.25) is 0 Å². The Morgan fingerprint density at radius 3 is 2.59 bits per heavy atom. The molecular weight excluding hydrogens is 257 g/mol. The van der Waals surface area contributed by atoms with Crippen molar-refractivity contribution in [3.8, 4) is 5.75 Å². The maximum Gasteiger partial charge on any atom is 0.115 e. The van der Waals surface area contributed by atoms with Crippen molar-refractivity contribution in [1.82, 2.24) is 0 Å². The van der Waals surface area contributed by atoms with Crippen molar-refractivity contribution in [3.63, 3.8) is 0 Å². The first-order chi connectivity index (χ1) is 8.15. The molecule has 0 aromatic heterocycles. The van der Waals surface area contributed by atoms with Crippen molar-refractivity contribution in [3.05, 3.63) is 58.1 Å². The van der Waals surface area contributed by atoms with Gasteiger partial charge in [0.15, 0.2) is 0 Å². The summed E-state index contributed by atoms with van der Waals surface area (Å²) >= 11 is 11.8. The zero-order chi connectivity index (χ0) is 12.3. The number of nitrogens with one attached hydrogen (secondary N) is 1. The highest BCUT2D eigenvalue weighted by Crippen LogP contribution is 2.26. The lowest BCUT2D eigenvalue weighted by Crippen LogP contribution is -1.99. The minimum atomic E-state index is 0.256. The van der Waals surface area contributed by atoms with Gasteiger partial charge in [-0.1, -0.05) is 35.3 Å². The second kappa shape index (κ2) is 5.30. The molecule has 0 spiro atoms. The number of halogens is 2. The molecule has 17 heavy (non-hydrogen) atoms. The fraction of sp³-hybridized carbons (Fsp3) is 0.0769. The second-order valence-corrected chi connectivity index (χ2v) is 4.49. The summed E-state index contributed by atoms with van der Waals surface area (Å²) < 4.78 is 0. The van der Waals surface area contributed by atoms with Crippen LogP contribution in [0.2, 0.25) is 10.0 Å². The van der Waals surface area contributed by atoms with Crippen LogP contribution in [0.1, 0.15) is 5.56 Å². The number of anilines is 1. The molecule has 88 valence electrons. The Labute approximate surface area is 110 Å². The van der Waals surface area contributed by atoms with Crippen molar-refractivity contribution in [1.29, 1.82) is 0 Å². The number of benzene rings is 2. The lowest BCUT2D eigenvalue weighted by atomic mass is 10.2. The fourth-order valence-electron chi connectivity index (χ4n) is 1.50. The van der Waals surface area contributed by atoms with E-state index >= 15 is 0 Å². The first kappa shape index (κ1) is 12.1. The SMILES string of the molecule is Oc1cccc(CNc2ccc(Cl)cc2Cl)c1. The van der Waals surface area contributed by atoms with E-state index < -0.39 is 0 Å². The third-order valence-electron chi connectivity index (χ3n) is 2.32. The van der Waals surface area contributed by atoms with Crippen molar-refractivity contribution >= 4 is 28.9 Å². The standard InChI is InChI=1S/C13H11Cl2NO/c14-10-4-5-13(12(15)7-10)16-8-9-2-1-3-11(17)6-9/h1-7,16-17H,8H2. The molecule has 0 radical (unpaired) electrons. The van der Waals surface area contributed by atoms with Crippen LogP contribution in [-0.4, -0.2) is 5.11 Å². The highest BCUT2D eigenvalue weighted by atomic mass is 35.5. The lowest BCUT2D eigenvalue weighted by Gasteiger charge is -2.08. The van der Waals surface area contributed by atoms with Crippen LogP contribution in [-0.2, 0) is 6.54 Å². The van der Waals surface area contributed by atoms with E-state index in [1.165, 1.54) is 0 Å². The maximum atomic E-state index is 9.33. The van der Waals surface area contributed by atoms with Gasteiger partial charge in [0, 0.05) is 11.6 Å². The Hall–Kier alpha value is -1.38. The van der Waals surface area contributed by atoms with Crippen LogP contribution in [0.15, 0.2) is 42.5 Å². The molecule has 2 nitrogen and oxygen atoms in total. The van der Waals surface area contributed by atoms with E-state index in [1.807, 2.05) is 12.1 Å². The van der Waals surface area contributed by atoms with Crippen LogP contribution in [0.5, 0.6) is 5.75 Å². The van der Waals surface area contributed by atoms with E-state index in [4.69, 9.17) is 23.2 Å². The van der Waals surface area contributed by atoms with E-state index in [2.05, 4.69) is 5.32 Å². The molecule has 0 aliphatic carbocycles. The summed E-state index contributed by atoms with van der Waals surface area (Å²) in [7, 11) is 0. The average Bonchev–Trinajstić information content (AvgIpc) is 2.28. The van der Waals surface area contributed by atoms with Gasteiger partial charge in [-0.15, -0.1) is 0 Å². The topological polar surface area (TPSA) is 32.3 Å². The highest BCUT2D eigenvalue weighted by Gasteiger charge is 2.01. The summed E-state index contributed by atoms with van der Waals surface area (Å²) in [4.78, 5) is 0. The summed E-state index contributed by atoms with van der Waals surface area (Å²) in [6, 6.07) is 12.4. The Kier molecular flexibility index (Phi) is 3.77. The summed E-state index contributed by atoms with van der Waals surface area (Å²) in [5.41, 5.74) is 1.80. The molecule has 0 aliphatic rings. The predicted octanol–water partition coefficient (Wildman–Crippen LogP) is 4.31. The van der Waals surface area contributed by atoms with E-state index in [1.54, 1.807) is 30.3 Å². The van der Waals surface area contributed by atoms with Crippen LogP contribution >= 0.6 is 23.2 Å². The molecule has 2 aromatic carbocycles. The Bertz CT molecular complexity index is 529. The molecule has 0 fully saturated rings. The van der Waals surface area contributed by atoms with Crippen molar-refractivity contribution in [2.45, 2.75) is 6.54 Å². The molecule has 0 bridgehead atoms. The van der Waals surface area contributed by atoms with Gasteiger partial charge in [0.25, 0.3) is 0 Å². The normalized spacial score (nSPS) is 10.2. The van der Waals surface area contributed by atoms with E-state index in [0.717, 1.165) is 11.3 Å². The predicted molar refractivity (Wildman–Crippen MR) is 71.9 cm³/mol. The monoisotopic (exact) mass is 267 g/mol. The zero-order valence-corrected chi connectivity index (χ0v) is 10.5. The second-order valence-electron chi connectivity index (χ2n) is 3.65. The molecule has 2 aromatic rings. The van der Waals surface area contributed by atoms with E-state index in [0.29, 0.717) is 16.6 Å². The lowest BCUT2D eigenvalue weighted by molar-refractivity contribution is 0.474. The highest BCUT2D eigenvalue weighted by molar-refractivity contribution is 6.36. The molecule has 2 rings (SSSR count). The maximum absolute atomic E-state index is 9.33. The molecule has 0 aliphatic heterocycles. The van der Waals surface area contributed by atoms with Gasteiger partial charge in [-0.2, -0.15) is 0 Å². The van der Waals surface area contributed by atoms with Gasteiger partial charge >= 0.3 is 0 Å². The van der Waals surface area contributed by atoms with Gasteiger partial charge in [-0.25, -0.2) is 0 Å². The summed E-state index contributed by atoms with van der Waals surface area (Å²) in [6.07, 6.45) is 0. The van der Waals surface area contributed by atoms with Crippen LogP contribution < -0.4 is 5.32 Å². The van der Waals surface area contributed by atoms with Crippen LogP contribution in [0.4, 0.5) is 5.69 Å². The Morgan fingerprint density at radius 2 is 1.88 bits per heavy atom. The molecule has 0 atom stereocenters. The molecular formula is C13H11Cl2NO. The van der Waals surface area contributed by atoms with Gasteiger partial charge in [0.05, 0.1) is 10.7 Å². The minimum absolute atomic E-state index is 0.256. The third kappa shape index (κ3) is 3.29. The van der Waals surface area contributed by atoms with Crippen LogP contribution in [0.3, 0.4) is 0 Å². The molecule has 0 unspecified atom stereocenters. The summed E-state index contributed by atoms with van der Waals surface area (Å²) in [5, 5.41) is 13.7. The van der Waals surface area contributed by atoms with E-state index in [9.17, 15) is 5.11 Å². The Morgan fingerprint density at radius 1 is 1.06 bits per heavy atom. The third-order valence-corrected chi connectivity index (χ3v) is 2.87. The Balaban J connectivity index is 2.07. The van der Waals surface area contributed by atoms with Crippen molar-refractivity contribution < 1.29 is 5.11 Å². The first-order valence-corrected chi connectivity index (χ1v) is 5.87. The number of rotatable bonds is 3. The first-order valence-electron chi connectivity index (χ1n) is 5.12. The number of aromatic hydroxyl groups is 1. The quantitative estimate of drug-likeness (QED) is 0.869. The number of phenolic OH excluding ortho intramolecular Hbond substituents is 1. The molecule has 0 amide bonds. The van der Waals surface area contributed by atoms with Crippen molar-refractivity contribution in [2.24, 2.45) is 0 Å². The molecule has 4 heteroatoms. The van der Waals surface area contributed by atoms with E-state index in [-0.39, 0.29) is 5.75 Å². The molecule has 2 N–H and O–H groups in total. The molecule has 0 saturated heterocycles. The smallest absolute Gasteiger partial charge is 0.115 e. The number of phenols is 1. The zero-order valence-electron chi connectivity index (χ0n) is 8.95. The van der Waals surface area contributed by atoms with Crippen LogP contribution in [0.25, 0.3) is 0 Å². The summed E-state index contributed by atoms with van der Waals surface area (Å²) in [5.74, 6) is 0.256. The van der Waals surface area contributed by atoms with Gasteiger partial charge in [-0.05, 0) is 35.9 Å². The number of hydrogen-bond acceptors (Lipinski definition) is 2.